The summed E-state index contributed by atoms with van der Waals surface area (Å²) in [7, 11) is 1.52. The van der Waals surface area contributed by atoms with Gasteiger partial charge >= 0.3 is 5.97 Å². The molecule has 0 radical (unpaired) electrons. The van der Waals surface area contributed by atoms with Crippen LogP contribution in [0.4, 0.5) is 4.39 Å². The molecule has 0 saturated carbocycles. The van der Waals surface area contributed by atoms with Crippen LogP contribution in [-0.4, -0.2) is 25.2 Å². The fourth-order valence-electron chi connectivity index (χ4n) is 2.40. The summed E-state index contributed by atoms with van der Waals surface area (Å²) in [6, 6.07) is 18.7. The molecule has 3 aromatic rings. The molecule has 1 N–H and O–H groups in total. The van der Waals surface area contributed by atoms with E-state index in [1.165, 1.54) is 31.5 Å². The molecule has 0 spiro atoms. The van der Waals surface area contributed by atoms with Crippen LogP contribution >= 0.6 is 0 Å². The number of ether oxygens (including phenoxy) is 2. The number of nitrogens with zero attached hydrogens (tertiary/aromatic N) is 1. The van der Waals surface area contributed by atoms with Crippen LogP contribution in [0.3, 0.4) is 0 Å². The molecule has 0 unspecified atom stereocenters. The smallest absolute Gasteiger partial charge is 0.346 e. The van der Waals surface area contributed by atoms with Crippen molar-refractivity contribution in [2.75, 3.05) is 7.11 Å². The lowest BCUT2D eigenvalue weighted by atomic mass is 10.2. The number of esters is 1. The number of rotatable bonds is 6. The zero-order chi connectivity index (χ0) is 20.6. The number of benzene rings is 3. The van der Waals surface area contributed by atoms with Crippen LogP contribution in [-0.2, 0) is 0 Å². The van der Waals surface area contributed by atoms with Gasteiger partial charge in [0, 0.05) is 5.56 Å². The zero-order valence-electron chi connectivity index (χ0n) is 15.5. The summed E-state index contributed by atoms with van der Waals surface area (Å²) in [5, 5.41) is 3.90. The maximum atomic E-state index is 13.6. The summed E-state index contributed by atoms with van der Waals surface area (Å²) in [4.78, 5) is 24.1. The highest BCUT2D eigenvalue weighted by Gasteiger charge is 2.13. The fraction of sp³-hybridized carbons (Fsp3) is 0.0455. The van der Waals surface area contributed by atoms with E-state index in [1.807, 2.05) is 0 Å². The molecule has 1 amide bonds. The molecule has 29 heavy (non-hydrogen) atoms. The number of nitrogens with one attached hydrogen (secondary N) is 1. The maximum Gasteiger partial charge on any atom is 0.346 e. The van der Waals surface area contributed by atoms with E-state index in [2.05, 4.69) is 10.5 Å². The van der Waals surface area contributed by atoms with E-state index >= 15 is 0 Å². The van der Waals surface area contributed by atoms with Gasteiger partial charge in [-0.2, -0.15) is 5.10 Å². The van der Waals surface area contributed by atoms with Crippen molar-refractivity contribution in [1.82, 2.24) is 5.43 Å². The molecule has 0 fully saturated rings. The third-order valence-corrected chi connectivity index (χ3v) is 3.90. The molecule has 0 aliphatic rings. The van der Waals surface area contributed by atoms with Crippen LogP contribution in [0, 0.1) is 5.82 Å². The molecule has 6 nitrogen and oxygen atoms in total. The first-order valence-electron chi connectivity index (χ1n) is 8.61. The zero-order valence-corrected chi connectivity index (χ0v) is 15.5. The average Bonchev–Trinajstić information content (AvgIpc) is 2.75. The molecule has 0 atom stereocenters. The minimum absolute atomic E-state index is 0.140. The SMILES string of the molecule is COc1cccc(C(=O)N/N=C\c2ccc(OC(=O)c3ccccc3F)cc2)c1. The number of hydrazone groups is 1. The Hall–Kier alpha value is -4.00. The van der Waals surface area contributed by atoms with Crippen molar-refractivity contribution in [1.29, 1.82) is 0 Å². The summed E-state index contributed by atoms with van der Waals surface area (Å²) in [5.74, 6) is -0.975. The van der Waals surface area contributed by atoms with E-state index in [4.69, 9.17) is 9.47 Å². The van der Waals surface area contributed by atoms with E-state index in [1.54, 1.807) is 54.6 Å². The van der Waals surface area contributed by atoms with Crippen molar-refractivity contribution in [3.63, 3.8) is 0 Å². The highest BCUT2D eigenvalue weighted by atomic mass is 19.1. The summed E-state index contributed by atoms with van der Waals surface area (Å²) < 4.78 is 23.8. The van der Waals surface area contributed by atoms with Gasteiger partial charge in [0.05, 0.1) is 18.9 Å². The lowest BCUT2D eigenvalue weighted by Crippen LogP contribution is -2.17. The normalized spacial score (nSPS) is 10.6. The minimum Gasteiger partial charge on any atom is -0.497 e. The van der Waals surface area contributed by atoms with Gasteiger partial charge < -0.3 is 9.47 Å². The lowest BCUT2D eigenvalue weighted by Gasteiger charge is -2.05. The molecule has 0 aliphatic heterocycles. The van der Waals surface area contributed by atoms with Gasteiger partial charge in [0.2, 0.25) is 0 Å². The Labute approximate surface area is 166 Å². The second-order valence-corrected chi connectivity index (χ2v) is 5.87. The molecule has 0 saturated heterocycles. The van der Waals surface area contributed by atoms with Crippen molar-refractivity contribution in [3.8, 4) is 11.5 Å². The minimum atomic E-state index is -0.782. The lowest BCUT2D eigenvalue weighted by molar-refractivity contribution is 0.0729. The van der Waals surface area contributed by atoms with Crippen LogP contribution < -0.4 is 14.9 Å². The van der Waals surface area contributed by atoms with Gasteiger partial charge in [-0.25, -0.2) is 14.6 Å². The van der Waals surface area contributed by atoms with Gasteiger partial charge in [0.25, 0.3) is 5.91 Å². The highest BCUT2D eigenvalue weighted by Crippen LogP contribution is 2.15. The first kappa shape index (κ1) is 19.8. The number of hydrogen-bond acceptors (Lipinski definition) is 5. The first-order valence-corrected chi connectivity index (χ1v) is 8.61. The largest absolute Gasteiger partial charge is 0.497 e. The predicted molar refractivity (Wildman–Crippen MR) is 106 cm³/mol. The third-order valence-electron chi connectivity index (χ3n) is 3.90. The Morgan fingerprint density at radius 1 is 0.966 bits per heavy atom. The molecule has 0 bridgehead atoms. The number of hydrogen-bond donors (Lipinski definition) is 1. The number of methoxy groups -OCH3 is 1. The van der Waals surface area contributed by atoms with Gasteiger partial charge in [0.15, 0.2) is 0 Å². The molecule has 7 heteroatoms. The Kier molecular flexibility index (Phi) is 6.32. The summed E-state index contributed by atoms with van der Waals surface area (Å²) in [6.07, 6.45) is 1.44. The van der Waals surface area contributed by atoms with E-state index in [0.29, 0.717) is 16.9 Å². The molecular formula is C22H17FN2O4. The van der Waals surface area contributed by atoms with Gasteiger partial charge in [-0.15, -0.1) is 0 Å². The Morgan fingerprint density at radius 3 is 2.45 bits per heavy atom. The van der Waals surface area contributed by atoms with Crippen molar-refractivity contribution in [3.05, 3.63) is 95.3 Å². The third kappa shape index (κ3) is 5.26. The molecule has 0 aromatic heterocycles. The van der Waals surface area contributed by atoms with Crippen LogP contribution in [0.1, 0.15) is 26.3 Å². The molecule has 0 aliphatic carbocycles. The molecular weight excluding hydrogens is 375 g/mol. The summed E-state index contributed by atoms with van der Waals surface area (Å²) in [6.45, 7) is 0. The maximum absolute atomic E-state index is 13.6. The predicted octanol–water partition coefficient (Wildman–Crippen LogP) is 3.82. The van der Waals surface area contributed by atoms with Crippen molar-refractivity contribution < 1.29 is 23.5 Å². The van der Waals surface area contributed by atoms with Gasteiger partial charge in [-0.1, -0.05) is 18.2 Å². The second-order valence-electron chi connectivity index (χ2n) is 5.87. The van der Waals surface area contributed by atoms with E-state index in [9.17, 15) is 14.0 Å². The quantitative estimate of drug-likeness (QED) is 0.299. The Morgan fingerprint density at radius 2 is 1.72 bits per heavy atom. The standard InChI is InChI=1S/C22H17FN2O4/c1-28-18-6-4-5-16(13-18)21(26)25-24-14-15-9-11-17(12-10-15)29-22(27)19-7-2-3-8-20(19)23/h2-14H,1H3,(H,25,26)/b24-14-. The Bertz CT molecular complexity index is 1050. The summed E-state index contributed by atoms with van der Waals surface area (Å²) >= 11 is 0. The van der Waals surface area contributed by atoms with Crippen molar-refractivity contribution in [2.24, 2.45) is 5.10 Å². The van der Waals surface area contributed by atoms with Gasteiger partial charge in [0.1, 0.15) is 17.3 Å². The van der Waals surface area contributed by atoms with Crippen LogP contribution in [0.2, 0.25) is 0 Å². The second kappa shape index (κ2) is 9.27. The monoisotopic (exact) mass is 392 g/mol. The van der Waals surface area contributed by atoms with Gasteiger partial charge in [-0.05, 0) is 60.2 Å². The topological polar surface area (TPSA) is 77.0 Å². The van der Waals surface area contributed by atoms with Crippen LogP contribution in [0.25, 0.3) is 0 Å². The molecule has 0 heterocycles. The van der Waals surface area contributed by atoms with Crippen molar-refractivity contribution >= 4 is 18.1 Å². The van der Waals surface area contributed by atoms with Crippen LogP contribution in [0.5, 0.6) is 11.5 Å². The van der Waals surface area contributed by atoms with E-state index < -0.39 is 11.8 Å². The van der Waals surface area contributed by atoms with Gasteiger partial charge in [-0.3, -0.25) is 4.79 Å². The fourth-order valence-corrected chi connectivity index (χ4v) is 2.40. The number of carbonyl (C=O) groups excluding carboxylic acids is 2. The number of halogens is 1. The van der Waals surface area contributed by atoms with Crippen LogP contribution in [0.15, 0.2) is 77.9 Å². The first-order chi connectivity index (χ1) is 14.1. The highest BCUT2D eigenvalue weighted by molar-refractivity contribution is 5.95. The number of amides is 1. The average molecular weight is 392 g/mol. The van der Waals surface area contributed by atoms with E-state index in [0.717, 1.165) is 0 Å². The number of carbonyl (C=O) groups is 2. The molecule has 3 aromatic carbocycles. The molecule has 146 valence electrons. The summed E-state index contributed by atoms with van der Waals surface area (Å²) in [5.41, 5.74) is 3.36. The van der Waals surface area contributed by atoms with E-state index in [-0.39, 0.29) is 17.2 Å². The molecule has 3 rings (SSSR count). The Balaban J connectivity index is 1.58. The van der Waals surface area contributed by atoms with Crippen molar-refractivity contribution in [2.45, 2.75) is 0 Å².